The molecule has 0 bridgehead atoms. The summed E-state index contributed by atoms with van der Waals surface area (Å²) in [6.07, 6.45) is 5.18. The summed E-state index contributed by atoms with van der Waals surface area (Å²) in [5, 5.41) is 12.4. The first-order valence-corrected chi connectivity index (χ1v) is 9.51. The van der Waals surface area contributed by atoms with Gasteiger partial charge in [0.25, 0.3) is 0 Å². The molecular formula is C21H23N5O3. The summed E-state index contributed by atoms with van der Waals surface area (Å²) in [5.74, 6) is 1.13. The van der Waals surface area contributed by atoms with Crippen molar-refractivity contribution in [3.63, 3.8) is 0 Å². The van der Waals surface area contributed by atoms with Gasteiger partial charge < -0.3 is 25.6 Å². The van der Waals surface area contributed by atoms with Crippen LogP contribution in [0.4, 0.5) is 17.3 Å². The molecule has 0 unspecified atom stereocenters. The number of hydrogen-bond acceptors (Lipinski definition) is 8. The van der Waals surface area contributed by atoms with E-state index in [1.165, 1.54) is 0 Å². The molecule has 1 aromatic carbocycles. The maximum absolute atomic E-state index is 9.22. The van der Waals surface area contributed by atoms with E-state index in [-0.39, 0.29) is 12.7 Å². The van der Waals surface area contributed by atoms with Crippen molar-refractivity contribution in [3.8, 4) is 17.0 Å². The lowest BCUT2D eigenvalue weighted by Gasteiger charge is -2.24. The Labute approximate surface area is 168 Å². The predicted octanol–water partition coefficient (Wildman–Crippen LogP) is 2.91. The second-order valence-corrected chi connectivity index (χ2v) is 6.77. The van der Waals surface area contributed by atoms with Crippen molar-refractivity contribution < 1.29 is 14.6 Å². The minimum absolute atomic E-state index is 0.127. The van der Waals surface area contributed by atoms with Crippen LogP contribution < -0.4 is 15.8 Å². The van der Waals surface area contributed by atoms with Gasteiger partial charge in [0.15, 0.2) is 0 Å². The van der Waals surface area contributed by atoms with Crippen molar-refractivity contribution in [3.05, 3.63) is 54.5 Å². The molecule has 150 valence electrons. The molecule has 8 heteroatoms. The summed E-state index contributed by atoms with van der Waals surface area (Å²) in [6, 6.07) is 11.0. The van der Waals surface area contributed by atoms with Crippen LogP contribution in [-0.2, 0) is 11.3 Å². The minimum Gasteiger partial charge on any atom is -0.488 e. The van der Waals surface area contributed by atoms with Crippen LogP contribution in [-0.4, -0.2) is 39.4 Å². The maximum Gasteiger partial charge on any atom is 0.227 e. The zero-order valence-electron chi connectivity index (χ0n) is 15.9. The number of nitrogen functional groups attached to an aromatic ring is 1. The third-order valence-corrected chi connectivity index (χ3v) is 4.66. The molecule has 4 N–H and O–H groups in total. The monoisotopic (exact) mass is 393 g/mol. The van der Waals surface area contributed by atoms with E-state index in [1.54, 1.807) is 24.5 Å². The number of aromatic nitrogens is 3. The summed E-state index contributed by atoms with van der Waals surface area (Å²) >= 11 is 0. The van der Waals surface area contributed by atoms with E-state index >= 15 is 0 Å². The maximum atomic E-state index is 9.22. The molecule has 8 nitrogen and oxygen atoms in total. The van der Waals surface area contributed by atoms with Crippen LogP contribution in [0.5, 0.6) is 5.75 Å². The van der Waals surface area contributed by atoms with Crippen LogP contribution in [0.25, 0.3) is 11.3 Å². The molecule has 3 heterocycles. The second kappa shape index (κ2) is 8.85. The average molecular weight is 393 g/mol. The van der Waals surface area contributed by atoms with Crippen molar-refractivity contribution >= 4 is 17.3 Å². The molecule has 0 atom stereocenters. The largest absolute Gasteiger partial charge is 0.488 e. The van der Waals surface area contributed by atoms with Gasteiger partial charge in [-0.25, -0.2) is 9.97 Å². The first kappa shape index (κ1) is 19.1. The number of pyridine rings is 1. The van der Waals surface area contributed by atoms with Crippen molar-refractivity contribution in [2.45, 2.75) is 25.6 Å². The van der Waals surface area contributed by atoms with Crippen molar-refractivity contribution in [2.75, 3.05) is 24.3 Å². The lowest BCUT2D eigenvalue weighted by Crippen LogP contribution is -2.26. The quantitative estimate of drug-likeness (QED) is 0.548. The minimum atomic E-state index is -0.127. The fourth-order valence-electron chi connectivity index (χ4n) is 3.14. The van der Waals surface area contributed by atoms with Gasteiger partial charge >= 0.3 is 0 Å². The van der Waals surface area contributed by atoms with Gasteiger partial charge in [0, 0.05) is 36.5 Å². The molecule has 1 aliphatic heterocycles. The normalized spacial score (nSPS) is 14.5. The fraction of sp³-hybridized carbons (Fsp3) is 0.286. The molecule has 0 amide bonds. The van der Waals surface area contributed by atoms with Crippen LogP contribution in [0.1, 0.15) is 18.5 Å². The SMILES string of the molecule is Nc1cc(-c2ccnc(Nc3ccnc(CO)c3)n2)ccc1OC1CCOCC1. The van der Waals surface area contributed by atoms with E-state index in [0.29, 0.717) is 23.1 Å². The van der Waals surface area contributed by atoms with Gasteiger partial charge in [0.05, 0.1) is 36.9 Å². The molecule has 0 spiro atoms. The van der Waals surface area contributed by atoms with E-state index in [1.807, 2.05) is 24.3 Å². The molecule has 1 aliphatic rings. The highest BCUT2D eigenvalue weighted by molar-refractivity contribution is 5.69. The summed E-state index contributed by atoms with van der Waals surface area (Å²) in [5.41, 5.74) is 9.73. The summed E-state index contributed by atoms with van der Waals surface area (Å²) < 4.78 is 11.4. The number of nitrogens with one attached hydrogen (secondary N) is 1. The van der Waals surface area contributed by atoms with Crippen LogP contribution in [0.15, 0.2) is 48.8 Å². The third kappa shape index (κ3) is 4.79. The fourth-order valence-corrected chi connectivity index (χ4v) is 3.14. The van der Waals surface area contributed by atoms with Crippen LogP contribution in [0.2, 0.25) is 0 Å². The van der Waals surface area contributed by atoms with Crippen molar-refractivity contribution in [2.24, 2.45) is 0 Å². The van der Waals surface area contributed by atoms with Gasteiger partial charge in [-0.05, 0) is 36.4 Å². The number of aliphatic hydroxyl groups is 1. The summed E-state index contributed by atoms with van der Waals surface area (Å²) in [4.78, 5) is 12.9. The van der Waals surface area contributed by atoms with E-state index < -0.39 is 0 Å². The molecule has 0 aliphatic carbocycles. The van der Waals surface area contributed by atoms with Gasteiger partial charge in [-0.1, -0.05) is 0 Å². The first-order valence-electron chi connectivity index (χ1n) is 9.51. The van der Waals surface area contributed by atoms with Crippen molar-refractivity contribution in [1.82, 2.24) is 15.0 Å². The molecule has 0 saturated carbocycles. The topological polar surface area (TPSA) is 115 Å². The summed E-state index contributed by atoms with van der Waals surface area (Å²) in [6.45, 7) is 1.31. The Balaban J connectivity index is 1.50. The lowest BCUT2D eigenvalue weighted by atomic mass is 10.1. The van der Waals surface area contributed by atoms with Gasteiger partial charge in [-0.15, -0.1) is 0 Å². The molecule has 4 rings (SSSR count). The van der Waals surface area contributed by atoms with E-state index in [4.69, 9.17) is 15.2 Å². The molecule has 2 aromatic heterocycles. The Morgan fingerprint density at radius 1 is 1.10 bits per heavy atom. The second-order valence-electron chi connectivity index (χ2n) is 6.77. The Bertz CT molecular complexity index is 976. The number of rotatable bonds is 6. The summed E-state index contributed by atoms with van der Waals surface area (Å²) in [7, 11) is 0. The highest BCUT2D eigenvalue weighted by atomic mass is 16.5. The highest BCUT2D eigenvalue weighted by Crippen LogP contribution is 2.30. The van der Waals surface area contributed by atoms with Crippen LogP contribution in [0.3, 0.4) is 0 Å². The molecule has 29 heavy (non-hydrogen) atoms. The molecule has 3 aromatic rings. The lowest BCUT2D eigenvalue weighted by molar-refractivity contribution is 0.0259. The van der Waals surface area contributed by atoms with Gasteiger partial charge in [0.2, 0.25) is 5.95 Å². The van der Waals surface area contributed by atoms with Gasteiger partial charge in [-0.2, -0.15) is 0 Å². The number of nitrogens with two attached hydrogens (primary N) is 1. The molecule has 1 saturated heterocycles. The van der Waals surface area contributed by atoms with E-state index in [0.717, 1.165) is 43.0 Å². The molecule has 0 radical (unpaired) electrons. The predicted molar refractivity (Wildman–Crippen MR) is 110 cm³/mol. The average Bonchev–Trinajstić information content (AvgIpc) is 2.76. The number of nitrogens with zero attached hydrogens (tertiary/aromatic N) is 3. The zero-order valence-corrected chi connectivity index (χ0v) is 15.9. The van der Waals surface area contributed by atoms with Gasteiger partial charge in [0.1, 0.15) is 11.9 Å². The Morgan fingerprint density at radius 3 is 2.72 bits per heavy atom. The number of benzene rings is 1. The van der Waals surface area contributed by atoms with E-state index in [2.05, 4.69) is 20.3 Å². The zero-order chi connectivity index (χ0) is 20.1. The number of anilines is 3. The van der Waals surface area contributed by atoms with Gasteiger partial charge in [-0.3, -0.25) is 4.98 Å². The molecular weight excluding hydrogens is 370 g/mol. The Morgan fingerprint density at radius 2 is 1.93 bits per heavy atom. The number of aliphatic hydroxyl groups excluding tert-OH is 1. The van der Waals surface area contributed by atoms with Crippen LogP contribution >= 0.6 is 0 Å². The highest BCUT2D eigenvalue weighted by Gasteiger charge is 2.17. The standard InChI is InChI=1S/C21H23N5O3/c22-18-11-14(1-2-20(18)29-17-5-9-28-10-6-17)19-4-8-24-21(26-19)25-15-3-7-23-16(12-15)13-27/h1-4,7-8,11-12,17,27H,5-6,9-10,13,22H2,(H,23,24,25,26). The smallest absolute Gasteiger partial charge is 0.227 e. The number of ether oxygens (including phenoxy) is 2. The molecule has 1 fully saturated rings. The van der Waals surface area contributed by atoms with E-state index in [9.17, 15) is 5.11 Å². The van der Waals surface area contributed by atoms with Crippen molar-refractivity contribution in [1.29, 1.82) is 0 Å². The first-order chi connectivity index (χ1) is 14.2. The number of hydrogen-bond donors (Lipinski definition) is 3. The van der Waals surface area contributed by atoms with Crippen LogP contribution in [0, 0.1) is 0 Å². The third-order valence-electron chi connectivity index (χ3n) is 4.66. The Kier molecular flexibility index (Phi) is 5.83. The Hall–Kier alpha value is -3.23.